The lowest BCUT2D eigenvalue weighted by Crippen LogP contribution is -2.26. The number of alkyl halides is 1. The van der Waals surface area contributed by atoms with Gasteiger partial charge in [-0.15, -0.1) is 0 Å². The summed E-state index contributed by atoms with van der Waals surface area (Å²) < 4.78 is 6.87. The smallest absolute Gasteiger partial charge is 0.267 e. The topological polar surface area (TPSA) is 60.9 Å². The molecule has 3 aromatic rings. The Morgan fingerprint density at radius 1 is 1.32 bits per heavy atom. The SMILES string of the molecule is CC[C@H](Br)c1nc2onc(C)c2c(=O)n1Cc1ccccc1. The molecular weight excluding hydrogens is 346 g/mol. The zero-order valence-corrected chi connectivity index (χ0v) is 14.0. The number of hydrogen-bond donors (Lipinski definition) is 0. The summed E-state index contributed by atoms with van der Waals surface area (Å²) >= 11 is 3.59. The summed E-state index contributed by atoms with van der Waals surface area (Å²) in [5.74, 6) is 0.667. The molecule has 1 aromatic carbocycles. The molecule has 2 heterocycles. The molecule has 6 heteroatoms. The average Bonchev–Trinajstić information content (AvgIpc) is 2.91. The molecule has 0 amide bonds. The van der Waals surface area contributed by atoms with E-state index in [1.54, 1.807) is 11.5 Å². The van der Waals surface area contributed by atoms with E-state index in [0.29, 0.717) is 29.2 Å². The Hall–Kier alpha value is -1.95. The van der Waals surface area contributed by atoms with Crippen molar-refractivity contribution < 1.29 is 4.52 Å². The minimum absolute atomic E-state index is 0.0151. The van der Waals surface area contributed by atoms with Crippen LogP contribution in [0.5, 0.6) is 0 Å². The van der Waals surface area contributed by atoms with Gasteiger partial charge in [-0.3, -0.25) is 9.36 Å². The first-order valence-corrected chi connectivity index (χ1v) is 8.08. The Bertz CT molecular complexity index is 855. The van der Waals surface area contributed by atoms with Gasteiger partial charge in [-0.25, -0.2) is 0 Å². The van der Waals surface area contributed by atoms with Gasteiger partial charge in [0, 0.05) is 0 Å². The van der Waals surface area contributed by atoms with Crippen LogP contribution in [0.1, 0.15) is 35.3 Å². The summed E-state index contributed by atoms with van der Waals surface area (Å²) in [5.41, 5.74) is 1.82. The van der Waals surface area contributed by atoms with Gasteiger partial charge in [0.05, 0.1) is 17.1 Å². The van der Waals surface area contributed by atoms with Crippen molar-refractivity contribution in [1.29, 1.82) is 0 Å². The van der Waals surface area contributed by atoms with Gasteiger partial charge in [0.15, 0.2) is 0 Å². The van der Waals surface area contributed by atoms with Crippen molar-refractivity contribution in [3.05, 3.63) is 57.8 Å². The highest BCUT2D eigenvalue weighted by molar-refractivity contribution is 9.09. The lowest BCUT2D eigenvalue weighted by Gasteiger charge is -2.15. The summed E-state index contributed by atoms with van der Waals surface area (Å²) in [6.45, 7) is 4.27. The fourth-order valence-electron chi connectivity index (χ4n) is 2.42. The number of hydrogen-bond acceptors (Lipinski definition) is 4. The van der Waals surface area contributed by atoms with Crippen molar-refractivity contribution in [1.82, 2.24) is 14.7 Å². The highest BCUT2D eigenvalue weighted by Crippen LogP contribution is 2.26. The van der Waals surface area contributed by atoms with Crippen LogP contribution in [-0.4, -0.2) is 14.7 Å². The maximum absolute atomic E-state index is 12.9. The van der Waals surface area contributed by atoms with Crippen molar-refractivity contribution in [3.8, 4) is 0 Å². The van der Waals surface area contributed by atoms with E-state index in [1.165, 1.54) is 0 Å². The molecule has 0 radical (unpaired) electrons. The number of halogens is 1. The zero-order valence-electron chi connectivity index (χ0n) is 12.4. The van der Waals surface area contributed by atoms with Gasteiger partial charge in [-0.05, 0) is 18.9 Å². The number of rotatable bonds is 4. The van der Waals surface area contributed by atoms with Gasteiger partial charge in [0.2, 0.25) is 0 Å². The van der Waals surface area contributed by atoms with Gasteiger partial charge in [-0.1, -0.05) is 58.3 Å². The maximum Gasteiger partial charge on any atom is 0.267 e. The van der Waals surface area contributed by atoms with Crippen molar-refractivity contribution in [3.63, 3.8) is 0 Å². The van der Waals surface area contributed by atoms with Crippen LogP contribution >= 0.6 is 15.9 Å². The van der Waals surface area contributed by atoms with Gasteiger partial charge >= 0.3 is 0 Å². The lowest BCUT2D eigenvalue weighted by atomic mass is 10.2. The molecule has 0 saturated heterocycles. The van der Waals surface area contributed by atoms with Crippen molar-refractivity contribution in [2.75, 3.05) is 0 Å². The molecule has 0 bridgehead atoms. The summed E-state index contributed by atoms with van der Waals surface area (Å²) in [5, 5.41) is 4.32. The molecule has 3 rings (SSSR count). The molecule has 0 spiro atoms. The second-order valence-electron chi connectivity index (χ2n) is 5.17. The van der Waals surface area contributed by atoms with E-state index in [1.807, 2.05) is 37.3 Å². The number of nitrogens with zero attached hydrogens (tertiary/aromatic N) is 3. The molecule has 0 saturated carbocycles. The minimum Gasteiger partial charge on any atom is -0.335 e. The molecule has 22 heavy (non-hydrogen) atoms. The van der Waals surface area contributed by atoms with E-state index < -0.39 is 0 Å². The van der Waals surface area contributed by atoms with E-state index >= 15 is 0 Å². The van der Waals surface area contributed by atoms with Gasteiger partial charge in [-0.2, -0.15) is 4.98 Å². The second kappa shape index (κ2) is 6.04. The normalized spacial score (nSPS) is 12.7. The molecule has 0 unspecified atom stereocenters. The molecule has 0 aliphatic heterocycles. The standard InChI is InChI=1S/C16H16BrN3O2/c1-3-12(17)14-18-15-13(10(2)19-22-15)16(21)20(14)9-11-7-5-4-6-8-11/h4-8,12H,3,9H2,1-2H3/t12-/m0/s1. The number of aromatic nitrogens is 3. The van der Waals surface area contributed by atoms with Gasteiger partial charge in [0.25, 0.3) is 11.3 Å². The molecular formula is C16H16BrN3O2. The van der Waals surface area contributed by atoms with E-state index in [0.717, 1.165) is 12.0 Å². The summed E-state index contributed by atoms with van der Waals surface area (Å²) in [6, 6.07) is 9.87. The Morgan fingerprint density at radius 2 is 2.05 bits per heavy atom. The molecule has 0 aliphatic rings. The van der Waals surface area contributed by atoms with Crippen LogP contribution in [0.2, 0.25) is 0 Å². The highest BCUT2D eigenvalue weighted by atomic mass is 79.9. The monoisotopic (exact) mass is 361 g/mol. The van der Waals surface area contributed by atoms with Gasteiger partial charge < -0.3 is 4.52 Å². The second-order valence-corrected chi connectivity index (χ2v) is 6.28. The van der Waals surface area contributed by atoms with Crippen molar-refractivity contribution in [2.45, 2.75) is 31.6 Å². The highest BCUT2D eigenvalue weighted by Gasteiger charge is 2.20. The Labute approximate surface area is 136 Å². The fraction of sp³-hybridized carbons (Fsp3) is 0.312. The van der Waals surface area contributed by atoms with Crippen molar-refractivity contribution >= 4 is 27.0 Å². The molecule has 0 N–H and O–H groups in total. The number of fused-ring (bicyclic) bond motifs is 1. The predicted octanol–water partition coefficient (Wildman–Crippen LogP) is 3.59. The molecule has 114 valence electrons. The summed E-state index contributed by atoms with van der Waals surface area (Å²) in [4.78, 5) is 17.4. The first kappa shape index (κ1) is 15.0. The molecule has 1 atom stereocenters. The Kier molecular flexibility index (Phi) is 4.11. The van der Waals surface area contributed by atoms with Crippen LogP contribution in [0.3, 0.4) is 0 Å². The third kappa shape index (κ3) is 2.59. The first-order chi connectivity index (χ1) is 10.6. The predicted molar refractivity (Wildman–Crippen MR) is 88.3 cm³/mol. The van der Waals surface area contributed by atoms with Gasteiger partial charge in [0.1, 0.15) is 11.2 Å². The van der Waals surface area contributed by atoms with E-state index in [-0.39, 0.29) is 10.4 Å². The van der Waals surface area contributed by atoms with E-state index in [9.17, 15) is 4.79 Å². The van der Waals surface area contributed by atoms with Crippen LogP contribution in [-0.2, 0) is 6.54 Å². The number of aryl methyl sites for hydroxylation is 1. The van der Waals surface area contributed by atoms with Crippen LogP contribution in [0.25, 0.3) is 11.1 Å². The molecule has 0 aliphatic carbocycles. The number of benzene rings is 1. The summed E-state index contributed by atoms with van der Waals surface area (Å²) in [7, 11) is 0. The van der Waals surface area contributed by atoms with Crippen LogP contribution < -0.4 is 5.56 Å². The fourth-order valence-corrected chi connectivity index (χ4v) is 2.77. The lowest BCUT2D eigenvalue weighted by molar-refractivity contribution is 0.440. The first-order valence-electron chi connectivity index (χ1n) is 7.16. The third-order valence-electron chi connectivity index (χ3n) is 3.62. The van der Waals surface area contributed by atoms with E-state index in [4.69, 9.17) is 4.52 Å². The average molecular weight is 362 g/mol. The molecule has 0 fully saturated rings. The Morgan fingerprint density at radius 3 is 2.73 bits per heavy atom. The van der Waals surface area contributed by atoms with Crippen LogP contribution in [0.4, 0.5) is 0 Å². The molecule has 5 nitrogen and oxygen atoms in total. The van der Waals surface area contributed by atoms with Crippen LogP contribution in [0, 0.1) is 6.92 Å². The zero-order chi connectivity index (χ0) is 15.7. The molecule has 2 aromatic heterocycles. The Balaban J connectivity index is 2.22. The maximum atomic E-state index is 12.9. The van der Waals surface area contributed by atoms with Crippen LogP contribution in [0.15, 0.2) is 39.6 Å². The minimum atomic E-state index is -0.111. The third-order valence-corrected chi connectivity index (χ3v) is 4.68. The van der Waals surface area contributed by atoms with E-state index in [2.05, 4.69) is 26.1 Å². The van der Waals surface area contributed by atoms with Crippen molar-refractivity contribution in [2.24, 2.45) is 0 Å². The quantitative estimate of drug-likeness (QED) is 0.666. The largest absolute Gasteiger partial charge is 0.335 e. The summed E-state index contributed by atoms with van der Waals surface area (Å²) in [6.07, 6.45) is 0.819.